The number of aromatic nitrogens is 3. The lowest BCUT2D eigenvalue weighted by molar-refractivity contribution is 0.222. The van der Waals surface area contributed by atoms with Crippen molar-refractivity contribution in [2.75, 3.05) is 23.3 Å². The van der Waals surface area contributed by atoms with Crippen molar-refractivity contribution in [3.63, 3.8) is 0 Å². The van der Waals surface area contributed by atoms with Gasteiger partial charge < -0.3 is 15.0 Å². The molecule has 7 heteroatoms. The molecule has 0 atom stereocenters. The lowest BCUT2D eigenvalue weighted by atomic mass is 10.4. The van der Waals surface area contributed by atoms with Gasteiger partial charge in [-0.1, -0.05) is 0 Å². The molecule has 0 radical (unpaired) electrons. The number of anilines is 2. The van der Waals surface area contributed by atoms with Crippen molar-refractivity contribution in [3.8, 4) is 12.1 Å². The van der Waals surface area contributed by atoms with E-state index in [1.807, 2.05) is 20.8 Å². The summed E-state index contributed by atoms with van der Waals surface area (Å²) in [6, 6.07) is 2.94. The van der Waals surface area contributed by atoms with Crippen molar-refractivity contribution in [1.29, 1.82) is 5.26 Å². The summed E-state index contributed by atoms with van der Waals surface area (Å²) in [4.78, 5) is 15.2. The van der Waals surface area contributed by atoms with E-state index < -0.39 is 0 Å². The van der Waals surface area contributed by atoms with Gasteiger partial charge in [0.05, 0.1) is 18.6 Å². The third-order valence-electron chi connectivity index (χ3n) is 2.99. The van der Waals surface area contributed by atoms with Crippen LogP contribution >= 0.6 is 0 Å². The molecule has 1 aliphatic carbocycles. The molecular weight excluding hydrogens is 268 g/mol. The lowest BCUT2D eigenvalue weighted by Gasteiger charge is -2.22. The fourth-order valence-electron chi connectivity index (χ4n) is 1.98. The van der Waals surface area contributed by atoms with Crippen LogP contribution in [0.2, 0.25) is 0 Å². The Morgan fingerprint density at radius 1 is 1.38 bits per heavy atom. The molecule has 7 nitrogen and oxygen atoms in total. The second-order valence-corrected chi connectivity index (χ2v) is 5.27. The zero-order chi connectivity index (χ0) is 15.2. The van der Waals surface area contributed by atoms with E-state index in [4.69, 9.17) is 10.00 Å². The van der Waals surface area contributed by atoms with E-state index in [0.29, 0.717) is 36.9 Å². The highest BCUT2D eigenvalue weighted by atomic mass is 16.5. The Bertz CT molecular complexity index is 509. The molecule has 1 aromatic rings. The van der Waals surface area contributed by atoms with Crippen LogP contribution in [0.25, 0.3) is 0 Å². The fraction of sp³-hybridized carbons (Fsp3) is 0.714. The van der Waals surface area contributed by atoms with Crippen LogP contribution in [0.3, 0.4) is 0 Å². The Kier molecular flexibility index (Phi) is 5.14. The maximum atomic E-state index is 8.81. The predicted octanol–water partition coefficient (Wildman–Crippen LogP) is 1.97. The van der Waals surface area contributed by atoms with Gasteiger partial charge in [0.25, 0.3) is 0 Å². The molecule has 0 aromatic carbocycles. The molecule has 1 fully saturated rings. The van der Waals surface area contributed by atoms with Crippen LogP contribution < -0.4 is 15.0 Å². The quantitative estimate of drug-likeness (QED) is 0.783. The summed E-state index contributed by atoms with van der Waals surface area (Å²) in [7, 11) is 0. The number of nitriles is 1. The van der Waals surface area contributed by atoms with E-state index in [0.717, 1.165) is 19.4 Å². The van der Waals surface area contributed by atoms with E-state index in [9.17, 15) is 0 Å². The normalized spacial score (nSPS) is 13.9. The lowest BCUT2D eigenvalue weighted by Crippen LogP contribution is -2.29. The largest absolute Gasteiger partial charge is 0.461 e. The highest BCUT2D eigenvalue weighted by molar-refractivity contribution is 5.40. The highest BCUT2D eigenvalue weighted by Gasteiger charge is 2.31. The molecule has 0 unspecified atom stereocenters. The average Bonchev–Trinajstić information content (AvgIpc) is 3.23. The SMILES string of the molecule is CCNc1nc(OC(C)C)nc(N(CCC#N)C2CC2)n1. The van der Waals surface area contributed by atoms with Crippen molar-refractivity contribution in [1.82, 2.24) is 15.0 Å². The van der Waals surface area contributed by atoms with E-state index in [2.05, 4.69) is 31.2 Å². The smallest absolute Gasteiger partial charge is 0.323 e. The van der Waals surface area contributed by atoms with Gasteiger partial charge >= 0.3 is 6.01 Å². The molecular formula is C14H22N6O. The maximum absolute atomic E-state index is 8.81. The second kappa shape index (κ2) is 7.07. The van der Waals surface area contributed by atoms with Gasteiger partial charge in [-0.15, -0.1) is 0 Å². The zero-order valence-electron chi connectivity index (χ0n) is 12.8. The van der Waals surface area contributed by atoms with Crippen LogP contribution in [0.4, 0.5) is 11.9 Å². The van der Waals surface area contributed by atoms with E-state index in [-0.39, 0.29) is 6.10 Å². The Labute approximate surface area is 125 Å². The third kappa shape index (κ3) is 4.45. The van der Waals surface area contributed by atoms with Crippen molar-refractivity contribution in [2.45, 2.75) is 52.2 Å². The standard InChI is InChI=1S/C14H22N6O/c1-4-16-12-17-13(19-14(18-12)21-10(2)3)20(9-5-8-15)11-6-7-11/h10-11H,4-7,9H2,1-3H3,(H,16,17,18,19). The summed E-state index contributed by atoms with van der Waals surface area (Å²) >= 11 is 0. The first-order valence-electron chi connectivity index (χ1n) is 7.44. The topological polar surface area (TPSA) is 87.0 Å². The summed E-state index contributed by atoms with van der Waals surface area (Å²) in [6.45, 7) is 7.22. The Hall–Kier alpha value is -2.10. The Morgan fingerprint density at radius 3 is 2.71 bits per heavy atom. The van der Waals surface area contributed by atoms with Gasteiger partial charge in [-0.2, -0.15) is 20.2 Å². The molecule has 21 heavy (non-hydrogen) atoms. The molecule has 2 rings (SSSR count). The van der Waals surface area contributed by atoms with Gasteiger partial charge in [-0.3, -0.25) is 0 Å². The van der Waals surface area contributed by atoms with Gasteiger partial charge in [-0.25, -0.2) is 0 Å². The fourth-order valence-corrected chi connectivity index (χ4v) is 1.98. The van der Waals surface area contributed by atoms with E-state index in [1.54, 1.807) is 0 Å². The van der Waals surface area contributed by atoms with E-state index in [1.165, 1.54) is 0 Å². The second-order valence-electron chi connectivity index (χ2n) is 5.27. The maximum Gasteiger partial charge on any atom is 0.323 e. The number of hydrogen-bond donors (Lipinski definition) is 1. The molecule has 1 aromatic heterocycles. The molecule has 1 N–H and O–H groups in total. The van der Waals surface area contributed by atoms with Crippen LogP contribution in [0, 0.1) is 11.3 Å². The minimum Gasteiger partial charge on any atom is -0.461 e. The summed E-state index contributed by atoms with van der Waals surface area (Å²) in [5.74, 6) is 1.11. The Morgan fingerprint density at radius 2 is 2.14 bits per heavy atom. The first-order valence-corrected chi connectivity index (χ1v) is 7.44. The van der Waals surface area contributed by atoms with Gasteiger partial charge in [0, 0.05) is 19.1 Å². The summed E-state index contributed by atoms with van der Waals surface area (Å²) in [6.07, 6.45) is 2.70. The van der Waals surface area contributed by atoms with Crippen molar-refractivity contribution >= 4 is 11.9 Å². The van der Waals surface area contributed by atoms with Crippen LogP contribution in [-0.4, -0.2) is 40.2 Å². The number of nitrogens with zero attached hydrogens (tertiary/aromatic N) is 5. The minimum atomic E-state index is 0.00297. The van der Waals surface area contributed by atoms with Gasteiger partial charge in [0.2, 0.25) is 11.9 Å². The number of ether oxygens (including phenoxy) is 1. The molecule has 0 bridgehead atoms. The van der Waals surface area contributed by atoms with Gasteiger partial charge in [0.15, 0.2) is 0 Å². The van der Waals surface area contributed by atoms with Crippen molar-refractivity contribution in [3.05, 3.63) is 0 Å². The van der Waals surface area contributed by atoms with Gasteiger partial charge in [-0.05, 0) is 33.6 Å². The highest BCUT2D eigenvalue weighted by Crippen LogP contribution is 2.30. The molecule has 1 heterocycles. The van der Waals surface area contributed by atoms with Crippen LogP contribution in [-0.2, 0) is 0 Å². The van der Waals surface area contributed by atoms with Crippen molar-refractivity contribution in [2.24, 2.45) is 0 Å². The first kappa shape index (κ1) is 15.3. The number of rotatable bonds is 8. The summed E-state index contributed by atoms with van der Waals surface area (Å²) in [5.41, 5.74) is 0. The average molecular weight is 290 g/mol. The predicted molar refractivity (Wildman–Crippen MR) is 80.4 cm³/mol. The molecule has 0 spiro atoms. The first-order chi connectivity index (χ1) is 10.1. The monoisotopic (exact) mass is 290 g/mol. The van der Waals surface area contributed by atoms with Crippen LogP contribution in [0.1, 0.15) is 40.0 Å². The van der Waals surface area contributed by atoms with Gasteiger partial charge in [0.1, 0.15) is 0 Å². The van der Waals surface area contributed by atoms with E-state index >= 15 is 0 Å². The van der Waals surface area contributed by atoms with Crippen LogP contribution in [0.5, 0.6) is 6.01 Å². The minimum absolute atomic E-state index is 0.00297. The molecule has 114 valence electrons. The zero-order valence-corrected chi connectivity index (χ0v) is 12.8. The molecule has 0 aliphatic heterocycles. The molecule has 0 amide bonds. The Balaban J connectivity index is 2.26. The van der Waals surface area contributed by atoms with Crippen LogP contribution in [0.15, 0.2) is 0 Å². The summed E-state index contributed by atoms with van der Waals surface area (Å²) in [5, 5.41) is 11.9. The molecule has 1 saturated carbocycles. The third-order valence-corrected chi connectivity index (χ3v) is 2.99. The molecule has 1 aliphatic rings. The van der Waals surface area contributed by atoms with Crippen molar-refractivity contribution < 1.29 is 4.74 Å². The number of nitrogens with one attached hydrogen (secondary N) is 1. The summed E-state index contributed by atoms with van der Waals surface area (Å²) < 4.78 is 5.60. The molecule has 0 saturated heterocycles. The number of hydrogen-bond acceptors (Lipinski definition) is 7.